The van der Waals surface area contributed by atoms with Crippen LogP contribution in [0, 0.1) is 5.82 Å². The molecule has 8 heteroatoms. The zero-order chi connectivity index (χ0) is 15.3. The van der Waals surface area contributed by atoms with Gasteiger partial charge in [-0.3, -0.25) is 4.79 Å². The molecule has 0 radical (unpaired) electrons. The minimum absolute atomic E-state index is 0.0965. The molecule has 0 bridgehead atoms. The molecule has 0 unspecified atom stereocenters. The number of amides is 1. The summed E-state index contributed by atoms with van der Waals surface area (Å²) in [6.45, 7) is 2.85. The number of hydrogen-bond donors (Lipinski definition) is 3. The van der Waals surface area contributed by atoms with Crippen LogP contribution in [0.2, 0.25) is 0 Å². The highest BCUT2D eigenvalue weighted by atomic mass is 32.2. The van der Waals surface area contributed by atoms with Crippen molar-refractivity contribution in [2.45, 2.75) is 31.3 Å². The molecule has 0 aliphatic heterocycles. The molecule has 0 fully saturated rings. The highest BCUT2D eigenvalue weighted by Crippen LogP contribution is 2.17. The lowest BCUT2D eigenvalue weighted by Gasteiger charge is -2.12. The van der Waals surface area contributed by atoms with Crippen LogP contribution < -0.4 is 15.8 Å². The molecule has 0 aliphatic rings. The zero-order valence-electron chi connectivity index (χ0n) is 11.3. The molecule has 1 amide bonds. The van der Waals surface area contributed by atoms with Gasteiger partial charge in [-0.2, -0.15) is 0 Å². The lowest BCUT2D eigenvalue weighted by Crippen LogP contribution is -2.40. The minimum atomic E-state index is -3.99. The van der Waals surface area contributed by atoms with Gasteiger partial charge in [-0.15, -0.1) is 0 Å². The second-order valence-electron chi connectivity index (χ2n) is 4.47. The minimum Gasteiger partial charge on any atom is -0.353 e. The van der Waals surface area contributed by atoms with Gasteiger partial charge in [0.05, 0.1) is 11.4 Å². The Morgan fingerprint density at radius 1 is 1.40 bits per heavy atom. The molecule has 0 heterocycles. The van der Waals surface area contributed by atoms with E-state index >= 15 is 0 Å². The van der Waals surface area contributed by atoms with Crippen LogP contribution in [0.1, 0.15) is 19.4 Å². The molecule has 1 aromatic carbocycles. The Hall–Kier alpha value is -1.51. The van der Waals surface area contributed by atoms with Gasteiger partial charge in [0.2, 0.25) is 15.9 Å². The van der Waals surface area contributed by atoms with E-state index in [1.165, 1.54) is 12.1 Å². The number of carbonyl (C=O) groups excluding carboxylic acids is 1. The summed E-state index contributed by atoms with van der Waals surface area (Å²) in [6.07, 6.45) is 0. The summed E-state index contributed by atoms with van der Waals surface area (Å²) < 4.78 is 39.7. The normalized spacial score (nSPS) is 11.7. The topological polar surface area (TPSA) is 101 Å². The van der Waals surface area contributed by atoms with Gasteiger partial charge in [0, 0.05) is 18.2 Å². The number of nitrogens with one attached hydrogen (secondary N) is 2. The first-order valence-electron chi connectivity index (χ1n) is 6.04. The molecule has 0 saturated heterocycles. The summed E-state index contributed by atoms with van der Waals surface area (Å²) in [5, 5.41) is 2.54. The van der Waals surface area contributed by atoms with Crippen LogP contribution >= 0.6 is 0 Å². The Morgan fingerprint density at radius 3 is 2.60 bits per heavy atom. The van der Waals surface area contributed by atoms with Gasteiger partial charge in [0.1, 0.15) is 5.82 Å². The van der Waals surface area contributed by atoms with E-state index in [-0.39, 0.29) is 23.0 Å². The Labute approximate surface area is 117 Å². The van der Waals surface area contributed by atoms with E-state index in [4.69, 9.17) is 5.73 Å². The largest absolute Gasteiger partial charge is 0.353 e. The van der Waals surface area contributed by atoms with E-state index in [1.807, 2.05) is 0 Å². The van der Waals surface area contributed by atoms with Gasteiger partial charge >= 0.3 is 0 Å². The average Bonchev–Trinajstić information content (AvgIpc) is 2.35. The summed E-state index contributed by atoms with van der Waals surface area (Å²) in [5.74, 6) is -1.16. The predicted molar refractivity (Wildman–Crippen MR) is 72.8 cm³/mol. The van der Waals surface area contributed by atoms with Gasteiger partial charge < -0.3 is 11.1 Å². The first-order valence-corrected chi connectivity index (χ1v) is 7.52. The van der Waals surface area contributed by atoms with Gasteiger partial charge in [0.15, 0.2) is 0 Å². The van der Waals surface area contributed by atoms with Crippen LogP contribution in [-0.4, -0.2) is 26.9 Å². The average molecular weight is 303 g/mol. The summed E-state index contributed by atoms with van der Waals surface area (Å²) in [5.41, 5.74) is 5.25. The third-order valence-corrected chi connectivity index (χ3v) is 3.93. The Kier molecular flexibility index (Phi) is 5.61. The number of nitrogens with two attached hydrogens (primary N) is 1. The molecular weight excluding hydrogens is 285 g/mol. The van der Waals surface area contributed by atoms with Crippen LogP contribution in [0.15, 0.2) is 23.1 Å². The first-order chi connectivity index (χ1) is 9.27. The van der Waals surface area contributed by atoms with Crippen LogP contribution in [0.25, 0.3) is 0 Å². The molecule has 0 aromatic heterocycles. The number of halogens is 1. The number of benzene rings is 1. The zero-order valence-corrected chi connectivity index (χ0v) is 12.1. The van der Waals surface area contributed by atoms with Gasteiger partial charge in [-0.25, -0.2) is 17.5 Å². The third kappa shape index (κ3) is 4.26. The molecule has 0 spiro atoms. The van der Waals surface area contributed by atoms with Crippen LogP contribution in [-0.2, 0) is 21.4 Å². The monoisotopic (exact) mass is 303 g/mol. The van der Waals surface area contributed by atoms with E-state index in [1.54, 1.807) is 13.8 Å². The van der Waals surface area contributed by atoms with Crippen LogP contribution in [0.4, 0.5) is 4.39 Å². The molecule has 6 nitrogen and oxygen atoms in total. The van der Waals surface area contributed by atoms with Gasteiger partial charge in [-0.1, -0.05) is 6.07 Å². The van der Waals surface area contributed by atoms with E-state index in [0.29, 0.717) is 0 Å². The second-order valence-corrected chi connectivity index (χ2v) is 6.20. The molecule has 4 N–H and O–H groups in total. The van der Waals surface area contributed by atoms with Crippen molar-refractivity contribution in [2.24, 2.45) is 5.73 Å². The smallest absolute Gasteiger partial charge is 0.241 e. The highest BCUT2D eigenvalue weighted by molar-refractivity contribution is 7.89. The maximum absolute atomic E-state index is 13.5. The molecular formula is C12H18FN3O3S. The van der Waals surface area contributed by atoms with E-state index in [2.05, 4.69) is 10.0 Å². The molecule has 0 atom stereocenters. The Morgan fingerprint density at radius 2 is 2.05 bits per heavy atom. The standard InChI is InChI=1S/C12H18FN3O3S/c1-8(2)16-12(17)7-15-20(18,19)11-5-3-4-10(13)9(11)6-14/h3-5,8,15H,6-7,14H2,1-2H3,(H,16,17). The van der Waals surface area contributed by atoms with Gasteiger partial charge in [0.25, 0.3) is 0 Å². The van der Waals surface area contributed by atoms with Crippen LogP contribution in [0.5, 0.6) is 0 Å². The predicted octanol–water partition coefficient (Wildman–Crippen LogP) is 0.0873. The van der Waals surface area contributed by atoms with E-state index in [9.17, 15) is 17.6 Å². The Bertz CT molecular complexity index is 588. The molecule has 1 aromatic rings. The Balaban J connectivity index is 2.90. The fourth-order valence-corrected chi connectivity index (χ4v) is 2.84. The molecule has 20 heavy (non-hydrogen) atoms. The summed E-state index contributed by atoms with van der Waals surface area (Å²) in [4.78, 5) is 11.2. The van der Waals surface area contributed by atoms with Crippen molar-refractivity contribution in [3.63, 3.8) is 0 Å². The SMILES string of the molecule is CC(C)NC(=O)CNS(=O)(=O)c1cccc(F)c1CN. The quantitative estimate of drug-likeness (QED) is 0.693. The fraction of sp³-hybridized carbons (Fsp3) is 0.417. The highest BCUT2D eigenvalue weighted by Gasteiger charge is 2.21. The van der Waals surface area contributed by atoms with Crippen molar-refractivity contribution in [2.75, 3.05) is 6.54 Å². The fourth-order valence-electron chi connectivity index (χ4n) is 1.60. The molecule has 0 aliphatic carbocycles. The van der Waals surface area contributed by atoms with Crippen molar-refractivity contribution >= 4 is 15.9 Å². The molecule has 112 valence electrons. The van der Waals surface area contributed by atoms with Crippen molar-refractivity contribution < 1.29 is 17.6 Å². The number of sulfonamides is 1. The van der Waals surface area contributed by atoms with Crippen molar-refractivity contribution in [3.8, 4) is 0 Å². The maximum atomic E-state index is 13.5. The lowest BCUT2D eigenvalue weighted by molar-refractivity contribution is -0.120. The van der Waals surface area contributed by atoms with Crippen molar-refractivity contribution in [1.29, 1.82) is 0 Å². The first kappa shape index (κ1) is 16.5. The third-order valence-electron chi connectivity index (χ3n) is 2.44. The number of carbonyl (C=O) groups is 1. The second kappa shape index (κ2) is 6.78. The number of hydrogen-bond acceptors (Lipinski definition) is 4. The lowest BCUT2D eigenvalue weighted by atomic mass is 10.2. The molecule has 1 rings (SSSR count). The van der Waals surface area contributed by atoms with Crippen molar-refractivity contribution in [3.05, 3.63) is 29.6 Å². The van der Waals surface area contributed by atoms with Gasteiger partial charge in [-0.05, 0) is 26.0 Å². The van der Waals surface area contributed by atoms with Crippen LogP contribution in [0.3, 0.4) is 0 Å². The van der Waals surface area contributed by atoms with Crippen molar-refractivity contribution in [1.82, 2.24) is 10.0 Å². The summed E-state index contributed by atoms with van der Waals surface area (Å²) >= 11 is 0. The summed E-state index contributed by atoms with van der Waals surface area (Å²) in [7, 11) is -3.99. The molecule has 0 saturated carbocycles. The summed E-state index contributed by atoms with van der Waals surface area (Å²) in [6, 6.07) is 3.55. The number of rotatable bonds is 6. The maximum Gasteiger partial charge on any atom is 0.241 e. The van der Waals surface area contributed by atoms with E-state index < -0.39 is 28.3 Å². The van der Waals surface area contributed by atoms with E-state index in [0.717, 1.165) is 6.07 Å².